The molecule has 4 atom stereocenters. The third kappa shape index (κ3) is 2.97. The normalized spacial score (nSPS) is 35.3. The Morgan fingerprint density at radius 3 is 2.89 bits per heavy atom. The largest absolute Gasteiger partial charge is 0.370 e. The van der Waals surface area contributed by atoms with Gasteiger partial charge in [0.25, 0.3) is 0 Å². The minimum absolute atomic E-state index is 0.146. The Hall–Kier alpha value is -1.53. The minimum atomic E-state index is -0.544. The quantitative estimate of drug-likeness (QED) is 0.859. The number of halogens is 2. The molecular formula is C21H26F2N2O2. The lowest BCUT2D eigenvalue weighted by molar-refractivity contribution is -0.127. The lowest BCUT2D eigenvalue weighted by atomic mass is 9.73. The van der Waals surface area contributed by atoms with E-state index in [9.17, 15) is 13.6 Å². The molecule has 4 nitrogen and oxygen atoms in total. The Balaban J connectivity index is 1.25. The molecule has 1 saturated carbocycles. The standard InChI is InChI=1S/C21H26F2N2O2/c22-15-5-4-14(18(23)8-15)10-25-11-17-16(9-24-20(26)13-2-1-3-13)19-6-7-21(17,12-25)27-19/h4-5,8,13,16-17,19H,1-3,6-7,9-12H2,(H,24,26)/t16-,17+,19+,21+/m0/s1. The zero-order valence-electron chi connectivity index (χ0n) is 15.4. The molecule has 1 N–H and O–H groups in total. The molecule has 5 rings (SSSR count). The predicted molar refractivity (Wildman–Crippen MR) is 95.8 cm³/mol. The summed E-state index contributed by atoms with van der Waals surface area (Å²) in [5, 5.41) is 3.16. The summed E-state index contributed by atoms with van der Waals surface area (Å²) in [7, 11) is 0. The maximum absolute atomic E-state index is 14.0. The maximum atomic E-state index is 14.0. The molecule has 3 heterocycles. The molecule has 2 bridgehead atoms. The number of benzene rings is 1. The molecule has 1 spiro atoms. The predicted octanol–water partition coefficient (Wildman–Crippen LogP) is 2.86. The van der Waals surface area contributed by atoms with Gasteiger partial charge in [-0.3, -0.25) is 9.69 Å². The van der Waals surface area contributed by atoms with E-state index < -0.39 is 11.6 Å². The molecule has 0 unspecified atom stereocenters. The number of carbonyl (C=O) groups is 1. The van der Waals surface area contributed by atoms with E-state index in [0.29, 0.717) is 30.5 Å². The van der Waals surface area contributed by atoms with Crippen molar-refractivity contribution >= 4 is 5.91 Å². The van der Waals surface area contributed by atoms with E-state index in [-0.39, 0.29) is 23.5 Å². The van der Waals surface area contributed by atoms with E-state index in [4.69, 9.17) is 4.74 Å². The highest BCUT2D eigenvalue weighted by Gasteiger charge is 2.62. The van der Waals surface area contributed by atoms with E-state index in [1.54, 1.807) is 0 Å². The maximum Gasteiger partial charge on any atom is 0.223 e. The van der Waals surface area contributed by atoms with Gasteiger partial charge in [0.1, 0.15) is 11.6 Å². The fourth-order valence-corrected chi connectivity index (χ4v) is 5.60. The minimum Gasteiger partial charge on any atom is -0.370 e. The van der Waals surface area contributed by atoms with Crippen molar-refractivity contribution in [3.8, 4) is 0 Å². The van der Waals surface area contributed by atoms with Crippen LogP contribution in [-0.2, 0) is 16.1 Å². The van der Waals surface area contributed by atoms with Crippen LogP contribution in [0.1, 0.15) is 37.7 Å². The Labute approximate surface area is 158 Å². The van der Waals surface area contributed by atoms with Crippen molar-refractivity contribution in [2.24, 2.45) is 17.8 Å². The molecule has 1 aliphatic carbocycles. The summed E-state index contributed by atoms with van der Waals surface area (Å²) < 4.78 is 33.6. The van der Waals surface area contributed by atoms with Crippen molar-refractivity contribution in [3.63, 3.8) is 0 Å². The molecule has 27 heavy (non-hydrogen) atoms. The highest BCUT2D eigenvalue weighted by atomic mass is 19.1. The summed E-state index contributed by atoms with van der Waals surface area (Å²) in [5.74, 6) is 0.0880. The van der Waals surface area contributed by atoms with Gasteiger partial charge in [0, 0.05) is 55.6 Å². The summed E-state index contributed by atoms with van der Waals surface area (Å²) in [4.78, 5) is 14.4. The van der Waals surface area contributed by atoms with Gasteiger partial charge in [-0.05, 0) is 31.7 Å². The smallest absolute Gasteiger partial charge is 0.223 e. The third-order valence-corrected chi connectivity index (χ3v) is 7.25. The second-order valence-electron chi connectivity index (χ2n) is 8.81. The number of hydrogen-bond acceptors (Lipinski definition) is 3. The summed E-state index contributed by atoms with van der Waals surface area (Å²) in [6, 6.07) is 3.80. The molecule has 3 saturated heterocycles. The average Bonchev–Trinajstić information content (AvgIpc) is 3.21. The lowest BCUT2D eigenvalue weighted by Gasteiger charge is -2.31. The summed E-state index contributed by atoms with van der Waals surface area (Å²) in [6.07, 6.45) is 5.51. The Morgan fingerprint density at radius 2 is 2.15 bits per heavy atom. The molecule has 1 aromatic rings. The molecule has 3 aliphatic heterocycles. The van der Waals surface area contributed by atoms with E-state index >= 15 is 0 Å². The van der Waals surface area contributed by atoms with Crippen LogP contribution < -0.4 is 5.32 Å². The van der Waals surface area contributed by atoms with Crippen molar-refractivity contribution in [1.29, 1.82) is 0 Å². The van der Waals surface area contributed by atoms with E-state index in [1.807, 2.05) is 0 Å². The van der Waals surface area contributed by atoms with Gasteiger partial charge in [0.15, 0.2) is 0 Å². The molecule has 1 amide bonds. The van der Waals surface area contributed by atoms with Crippen LogP contribution in [0.4, 0.5) is 8.78 Å². The SMILES string of the molecule is O=C(NC[C@H]1[C@H]2CN(Cc3ccc(F)cc3F)C[C@]23CC[C@H]1O3)C1CCC1. The van der Waals surface area contributed by atoms with Gasteiger partial charge in [0.2, 0.25) is 5.91 Å². The number of nitrogens with zero attached hydrogens (tertiary/aromatic N) is 1. The summed E-state index contributed by atoms with van der Waals surface area (Å²) >= 11 is 0. The molecule has 0 aromatic heterocycles. The van der Waals surface area contributed by atoms with Gasteiger partial charge >= 0.3 is 0 Å². The number of rotatable bonds is 5. The van der Waals surface area contributed by atoms with Gasteiger partial charge in [-0.1, -0.05) is 12.5 Å². The Kier molecular flexibility index (Phi) is 4.24. The average molecular weight is 376 g/mol. The second-order valence-corrected chi connectivity index (χ2v) is 8.81. The Bertz CT molecular complexity index is 754. The highest BCUT2D eigenvalue weighted by molar-refractivity contribution is 5.79. The van der Waals surface area contributed by atoms with Crippen molar-refractivity contribution in [3.05, 3.63) is 35.4 Å². The number of fused-ring (bicyclic) bond motifs is 1. The molecule has 4 aliphatic rings. The first-order valence-corrected chi connectivity index (χ1v) is 10.2. The number of carbonyl (C=O) groups excluding carboxylic acids is 1. The van der Waals surface area contributed by atoms with E-state index in [0.717, 1.165) is 51.3 Å². The topological polar surface area (TPSA) is 41.6 Å². The van der Waals surface area contributed by atoms with Gasteiger partial charge in [0.05, 0.1) is 11.7 Å². The van der Waals surface area contributed by atoms with Crippen LogP contribution in [-0.4, -0.2) is 42.1 Å². The number of hydrogen-bond donors (Lipinski definition) is 1. The van der Waals surface area contributed by atoms with E-state index in [1.165, 1.54) is 12.1 Å². The monoisotopic (exact) mass is 376 g/mol. The van der Waals surface area contributed by atoms with Crippen LogP contribution in [0.25, 0.3) is 0 Å². The van der Waals surface area contributed by atoms with E-state index in [2.05, 4.69) is 10.2 Å². The van der Waals surface area contributed by atoms with Gasteiger partial charge in [-0.25, -0.2) is 8.78 Å². The number of nitrogens with one attached hydrogen (secondary N) is 1. The first-order chi connectivity index (χ1) is 13.0. The summed E-state index contributed by atoms with van der Waals surface area (Å²) in [5.41, 5.74) is 0.379. The fraction of sp³-hybridized carbons (Fsp3) is 0.667. The number of amides is 1. The van der Waals surface area contributed by atoms with Crippen molar-refractivity contribution in [2.75, 3.05) is 19.6 Å². The third-order valence-electron chi connectivity index (χ3n) is 7.25. The van der Waals surface area contributed by atoms with Crippen LogP contribution >= 0.6 is 0 Å². The molecule has 1 aromatic carbocycles. The summed E-state index contributed by atoms with van der Waals surface area (Å²) in [6.45, 7) is 2.79. The van der Waals surface area contributed by atoms with Crippen LogP contribution in [0.15, 0.2) is 18.2 Å². The zero-order valence-corrected chi connectivity index (χ0v) is 15.4. The molecular weight excluding hydrogens is 350 g/mol. The second kappa shape index (κ2) is 6.52. The van der Waals surface area contributed by atoms with Crippen LogP contribution in [0.3, 0.4) is 0 Å². The zero-order chi connectivity index (χ0) is 18.6. The van der Waals surface area contributed by atoms with Crippen LogP contribution in [0, 0.1) is 29.4 Å². The van der Waals surface area contributed by atoms with Gasteiger partial charge in [-0.2, -0.15) is 0 Å². The fourth-order valence-electron chi connectivity index (χ4n) is 5.60. The first-order valence-electron chi connectivity index (χ1n) is 10.2. The lowest BCUT2D eigenvalue weighted by Crippen LogP contribution is -2.44. The number of likely N-dealkylation sites (tertiary alicyclic amines) is 1. The molecule has 6 heteroatoms. The van der Waals surface area contributed by atoms with Crippen LogP contribution in [0.5, 0.6) is 0 Å². The van der Waals surface area contributed by atoms with Crippen molar-refractivity contribution in [2.45, 2.75) is 50.4 Å². The first kappa shape index (κ1) is 17.6. The van der Waals surface area contributed by atoms with Gasteiger partial charge < -0.3 is 10.1 Å². The Morgan fingerprint density at radius 1 is 1.30 bits per heavy atom. The highest BCUT2D eigenvalue weighted by Crippen LogP contribution is 2.54. The van der Waals surface area contributed by atoms with Crippen molar-refractivity contribution < 1.29 is 18.3 Å². The van der Waals surface area contributed by atoms with Gasteiger partial charge in [-0.15, -0.1) is 0 Å². The van der Waals surface area contributed by atoms with Crippen LogP contribution in [0.2, 0.25) is 0 Å². The molecule has 0 radical (unpaired) electrons. The molecule has 146 valence electrons. The van der Waals surface area contributed by atoms with Crippen molar-refractivity contribution in [1.82, 2.24) is 10.2 Å². The molecule has 4 fully saturated rings. The number of ether oxygens (including phenoxy) is 1.